The Hall–Kier alpha value is -1.88. The SMILES string of the molecule is COCCN1Cc2cccc(C(=O)N[C@H](C)C34CC5CC(CC(C5)C3)C4)c2C1=O. The lowest BCUT2D eigenvalue weighted by molar-refractivity contribution is -0.0688. The molecule has 4 aliphatic carbocycles. The minimum Gasteiger partial charge on any atom is -0.383 e. The average molecular weight is 397 g/mol. The maximum Gasteiger partial charge on any atom is 0.255 e. The van der Waals surface area contributed by atoms with E-state index in [0.29, 0.717) is 30.8 Å². The van der Waals surface area contributed by atoms with E-state index in [1.807, 2.05) is 12.1 Å². The lowest BCUT2D eigenvalue weighted by Crippen LogP contribution is -2.55. The van der Waals surface area contributed by atoms with Crippen LogP contribution < -0.4 is 5.32 Å². The zero-order valence-corrected chi connectivity index (χ0v) is 17.6. The molecule has 1 atom stereocenters. The van der Waals surface area contributed by atoms with Crippen LogP contribution in [0.1, 0.15) is 71.7 Å². The van der Waals surface area contributed by atoms with Crippen LogP contribution in [0.4, 0.5) is 0 Å². The van der Waals surface area contributed by atoms with Crippen LogP contribution in [0, 0.1) is 23.2 Å². The van der Waals surface area contributed by atoms with Gasteiger partial charge in [0, 0.05) is 26.2 Å². The van der Waals surface area contributed by atoms with Crippen molar-refractivity contribution >= 4 is 11.8 Å². The van der Waals surface area contributed by atoms with Gasteiger partial charge in [-0.2, -0.15) is 0 Å². The van der Waals surface area contributed by atoms with Crippen LogP contribution >= 0.6 is 0 Å². The van der Waals surface area contributed by atoms with E-state index in [0.717, 1.165) is 23.3 Å². The van der Waals surface area contributed by atoms with Crippen LogP contribution in [0.15, 0.2) is 18.2 Å². The van der Waals surface area contributed by atoms with Crippen molar-refractivity contribution in [3.05, 3.63) is 34.9 Å². The Labute approximate surface area is 173 Å². The van der Waals surface area contributed by atoms with E-state index in [4.69, 9.17) is 4.74 Å². The van der Waals surface area contributed by atoms with Crippen molar-refractivity contribution in [2.75, 3.05) is 20.3 Å². The van der Waals surface area contributed by atoms with Gasteiger partial charge in [-0.05, 0) is 80.2 Å². The Bertz CT molecular complexity index is 798. The Morgan fingerprint density at radius 3 is 2.48 bits per heavy atom. The maximum atomic E-state index is 13.3. The summed E-state index contributed by atoms with van der Waals surface area (Å²) in [5.41, 5.74) is 2.32. The second-order valence-electron chi connectivity index (χ2n) is 10.0. The third-order valence-corrected chi connectivity index (χ3v) is 8.17. The number of methoxy groups -OCH3 is 1. The summed E-state index contributed by atoms with van der Waals surface area (Å²) in [4.78, 5) is 28.0. The molecule has 1 N–H and O–H groups in total. The van der Waals surface area contributed by atoms with Gasteiger partial charge < -0.3 is 15.0 Å². The fourth-order valence-corrected chi connectivity index (χ4v) is 7.13. The smallest absolute Gasteiger partial charge is 0.255 e. The van der Waals surface area contributed by atoms with Crippen molar-refractivity contribution in [3.63, 3.8) is 0 Å². The third-order valence-electron chi connectivity index (χ3n) is 8.17. The summed E-state index contributed by atoms with van der Waals surface area (Å²) < 4.78 is 5.13. The Morgan fingerprint density at radius 1 is 1.21 bits per heavy atom. The summed E-state index contributed by atoms with van der Waals surface area (Å²) in [6.07, 6.45) is 7.99. The number of rotatable bonds is 6. The molecule has 1 heterocycles. The van der Waals surface area contributed by atoms with Crippen LogP contribution in [0.25, 0.3) is 0 Å². The highest BCUT2D eigenvalue weighted by Crippen LogP contribution is 2.61. The zero-order chi connectivity index (χ0) is 20.2. The summed E-state index contributed by atoms with van der Waals surface area (Å²) >= 11 is 0. The minimum absolute atomic E-state index is 0.0507. The summed E-state index contributed by atoms with van der Waals surface area (Å²) in [5, 5.41) is 3.33. The van der Waals surface area contributed by atoms with Gasteiger partial charge >= 0.3 is 0 Å². The van der Waals surface area contributed by atoms with E-state index in [2.05, 4.69) is 12.2 Å². The molecule has 1 aromatic carbocycles. The highest BCUT2D eigenvalue weighted by Gasteiger charge is 2.53. The van der Waals surface area contributed by atoms with Gasteiger partial charge in [0.25, 0.3) is 11.8 Å². The van der Waals surface area contributed by atoms with Gasteiger partial charge in [-0.1, -0.05) is 12.1 Å². The van der Waals surface area contributed by atoms with Crippen molar-refractivity contribution in [1.82, 2.24) is 10.2 Å². The quantitative estimate of drug-likeness (QED) is 0.799. The molecule has 0 spiro atoms. The Balaban J connectivity index is 1.34. The molecule has 4 bridgehead atoms. The molecule has 0 unspecified atom stereocenters. The van der Waals surface area contributed by atoms with Crippen molar-refractivity contribution in [2.24, 2.45) is 23.2 Å². The average Bonchev–Trinajstić information content (AvgIpc) is 3.01. The van der Waals surface area contributed by atoms with Gasteiger partial charge in [-0.15, -0.1) is 0 Å². The Kier molecular flexibility index (Phi) is 4.69. The van der Waals surface area contributed by atoms with Crippen LogP contribution in [0.2, 0.25) is 0 Å². The molecule has 0 aromatic heterocycles. The normalized spacial score (nSPS) is 33.1. The highest BCUT2D eigenvalue weighted by atomic mass is 16.5. The van der Waals surface area contributed by atoms with E-state index in [-0.39, 0.29) is 23.3 Å². The van der Waals surface area contributed by atoms with E-state index in [9.17, 15) is 9.59 Å². The number of amides is 2. The van der Waals surface area contributed by atoms with Crippen molar-refractivity contribution in [3.8, 4) is 0 Å². The van der Waals surface area contributed by atoms with Crippen LogP contribution in [0.3, 0.4) is 0 Å². The number of fused-ring (bicyclic) bond motifs is 1. The first-order valence-corrected chi connectivity index (χ1v) is 11.2. The molecule has 156 valence electrons. The van der Waals surface area contributed by atoms with Crippen molar-refractivity contribution in [2.45, 2.75) is 58.0 Å². The molecular weight excluding hydrogens is 364 g/mol. The molecule has 4 saturated carbocycles. The zero-order valence-electron chi connectivity index (χ0n) is 17.6. The maximum absolute atomic E-state index is 13.3. The largest absolute Gasteiger partial charge is 0.383 e. The topological polar surface area (TPSA) is 58.6 Å². The van der Waals surface area contributed by atoms with E-state index in [1.54, 1.807) is 18.1 Å². The summed E-state index contributed by atoms with van der Waals surface area (Å²) in [5.74, 6) is 2.43. The lowest BCUT2D eigenvalue weighted by Gasteiger charge is -2.59. The molecule has 1 aromatic rings. The van der Waals surface area contributed by atoms with Gasteiger partial charge in [0.15, 0.2) is 0 Å². The molecule has 6 rings (SSSR count). The predicted octanol–water partition coefficient (Wildman–Crippen LogP) is 3.62. The third kappa shape index (κ3) is 3.18. The number of nitrogens with zero attached hydrogens (tertiary/aromatic N) is 1. The second kappa shape index (κ2) is 7.12. The monoisotopic (exact) mass is 396 g/mol. The molecule has 2 amide bonds. The van der Waals surface area contributed by atoms with Gasteiger partial charge in [-0.3, -0.25) is 9.59 Å². The van der Waals surface area contributed by atoms with E-state index < -0.39 is 0 Å². The molecule has 5 aliphatic rings. The van der Waals surface area contributed by atoms with Crippen LogP contribution in [0.5, 0.6) is 0 Å². The van der Waals surface area contributed by atoms with Gasteiger partial charge in [0.1, 0.15) is 0 Å². The standard InChI is InChI=1S/C24H32N2O3/c1-15(24-11-16-8-17(12-24)10-18(9-16)13-24)25-22(27)20-5-3-4-19-14-26(6-7-29-2)23(28)21(19)20/h3-5,15-18H,6-14H2,1-2H3,(H,25,27)/t15-,16?,17?,18?,24?/m1/s1. The molecule has 4 fully saturated rings. The molecule has 29 heavy (non-hydrogen) atoms. The van der Waals surface area contributed by atoms with Gasteiger partial charge in [0.2, 0.25) is 0 Å². The first kappa shape index (κ1) is 19.1. The van der Waals surface area contributed by atoms with E-state index in [1.165, 1.54) is 38.5 Å². The minimum atomic E-state index is -0.0907. The molecule has 5 heteroatoms. The van der Waals surface area contributed by atoms with Crippen LogP contribution in [-0.2, 0) is 11.3 Å². The molecule has 5 nitrogen and oxygen atoms in total. The molecular formula is C24H32N2O3. The Morgan fingerprint density at radius 2 is 1.86 bits per heavy atom. The number of benzene rings is 1. The summed E-state index contributed by atoms with van der Waals surface area (Å²) in [7, 11) is 1.64. The number of hydrogen-bond acceptors (Lipinski definition) is 3. The number of nitrogens with one attached hydrogen (secondary N) is 1. The highest BCUT2D eigenvalue weighted by molar-refractivity contribution is 6.09. The number of hydrogen-bond donors (Lipinski definition) is 1. The lowest BCUT2D eigenvalue weighted by atomic mass is 9.48. The van der Waals surface area contributed by atoms with Crippen molar-refractivity contribution < 1.29 is 14.3 Å². The predicted molar refractivity (Wildman–Crippen MR) is 111 cm³/mol. The number of ether oxygens (including phenoxy) is 1. The first-order chi connectivity index (χ1) is 14.0. The van der Waals surface area contributed by atoms with Crippen LogP contribution in [-0.4, -0.2) is 43.0 Å². The van der Waals surface area contributed by atoms with Gasteiger partial charge in [-0.25, -0.2) is 0 Å². The number of carbonyl (C=O) groups is 2. The van der Waals surface area contributed by atoms with Crippen molar-refractivity contribution in [1.29, 1.82) is 0 Å². The summed E-state index contributed by atoms with van der Waals surface area (Å²) in [6.45, 7) is 3.81. The molecule has 0 saturated heterocycles. The van der Waals surface area contributed by atoms with Gasteiger partial charge in [0.05, 0.1) is 17.7 Å². The van der Waals surface area contributed by atoms with E-state index >= 15 is 0 Å². The molecule has 1 aliphatic heterocycles. The second-order valence-corrected chi connectivity index (χ2v) is 10.0. The fraction of sp³-hybridized carbons (Fsp3) is 0.667. The summed E-state index contributed by atoms with van der Waals surface area (Å²) in [6, 6.07) is 5.81. The number of carbonyl (C=O) groups excluding carboxylic acids is 2. The fourth-order valence-electron chi connectivity index (χ4n) is 7.13. The molecule has 0 radical (unpaired) electrons. The first-order valence-electron chi connectivity index (χ1n) is 11.2.